The van der Waals surface area contributed by atoms with Crippen molar-refractivity contribution in [3.63, 3.8) is 0 Å². The highest BCUT2D eigenvalue weighted by molar-refractivity contribution is 7.12. The first-order valence-electron chi connectivity index (χ1n) is 5.28. The number of amides is 1. The second kappa shape index (κ2) is 4.95. The van der Waals surface area contributed by atoms with Crippen LogP contribution in [0.4, 0.5) is 0 Å². The van der Waals surface area contributed by atoms with Crippen LogP contribution >= 0.6 is 11.3 Å². The molecule has 1 aromatic heterocycles. The Labute approximate surface area is 98.4 Å². The van der Waals surface area contributed by atoms with Gasteiger partial charge in [0.15, 0.2) is 0 Å². The molecule has 1 aliphatic heterocycles. The molecular formula is C11H15NO3S. The normalized spacial score (nSPS) is 21.1. The molecule has 1 N–H and O–H groups in total. The van der Waals surface area contributed by atoms with Crippen LogP contribution in [0.2, 0.25) is 0 Å². The fourth-order valence-electron chi connectivity index (χ4n) is 1.75. The first-order valence-corrected chi connectivity index (χ1v) is 6.16. The van der Waals surface area contributed by atoms with Gasteiger partial charge in [-0.15, -0.1) is 11.3 Å². The molecule has 0 bridgehead atoms. The van der Waals surface area contributed by atoms with E-state index in [4.69, 9.17) is 9.84 Å². The zero-order valence-electron chi connectivity index (χ0n) is 9.18. The molecule has 1 aromatic rings. The number of hydrogen-bond acceptors (Lipinski definition) is 4. The maximum atomic E-state index is 12.1. The smallest absolute Gasteiger partial charge is 0.264 e. The number of rotatable bonds is 2. The van der Waals surface area contributed by atoms with Gasteiger partial charge >= 0.3 is 0 Å². The quantitative estimate of drug-likeness (QED) is 0.836. The maximum absolute atomic E-state index is 12.1. The van der Waals surface area contributed by atoms with Gasteiger partial charge in [0.25, 0.3) is 5.91 Å². The maximum Gasteiger partial charge on any atom is 0.264 e. The van der Waals surface area contributed by atoms with Crippen molar-refractivity contribution < 1.29 is 14.6 Å². The first kappa shape index (κ1) is 11.6. The number of carbonyl (C=O) groups is 1. The molecule has 5 heteroatoms. The zero-order valence-corrected chi connectivity index (χ0v) is 10.00. The average Bonchev–Trinajstić information content (AvgIpc) is 2.74. The van der Waals surface area contributed by atoms with Gasteiger partial charge in [-0.3, -0.25) is 4.79 Å². The Bertz CT molecular complexity index is 377. The van der Waals surface area contributed by atoms with Crippen molar-refractivity contribution in [1.82, 2.24) is 4.90 Å². The zero-order chi connectivity index (χ0) is 11.5. The van der Waals surface area contributed by atoms with E-state index >= 15 is 0 Å². The lowest BCUT2D eigenvalue weighted by Gasteiger charge is -2.31. The van der Waals surface area contributed by atoms with Crippen molar-refractivity contribution in [2.45, 2.75) is 13.0 Å². The summed E-state index contributed by atoms with van der Waals surface area (Å²) in [5, 5.41) is 10.9. The summed E-state index contributed by atoms with van der Waals surface area (Å²) in [7, 11) is 0. The minimum absolute atomic E-state index is 0.0345. The SMILES string of the molecule is Cc1ccsc1C(=O)N1CCOC(CO)C1. The van der Waals surface area contributed by atoms with E-state index in [0.717, 1.165) is 10.4 Å². The lowest BCUT2D eigenvalue weighted by atomic mass is 10.2. The van der Waals surface area contributed by atoms with Gasteiger partial charge in [0.05, 0.1) is 24.2 Å². The van der Waals surface area contributed by atoms with Crippen LogP contribution in [0, 0.1) is 6.92 Å². The van der Waals surface area contributed by atoms with Crippen LogP contribution < -0.4 is 0 Å². The summed E-state index contributed by atoms with van der Waals surface area (Å²) in [6.07, 6.45) is -0.238. The van der Waals surface area contributed by atoms with E-state index in [0.29, 0.717) is 19.7 Å². The molecule has 1 atom stereocenters. The number of aryl methyl sites for hydroxylation is 1. The number of ether oxygens (including phenoxy) is 1. The number of aliphatic hydroxyl groups excluding tert-OH is 1. The molecule has 0 aliphatic carbocycles. The molecule has 0 saturated carbocycles. The number of hydrogen-bond donors (Lipinski definition) is 1. The number of aliphatic hydroxyl groups is 1. The Hall–Kier alpha value is -0.910. The molecule has 0 spiro atoms. The van der Waals surface area contributed by atoms with E-state index in [2.05, 4.69) is 0 Å². The molecule has 1 unspecified atom stereocenters. The summed E-state index contributed by atoms with van der Waals surface area (Å²) >= 11 is 1.47. The largest absolute Gasteiger partial charge is 0.394 e. The van der Waals surface area contributed by atoms with E-state index in [1.165, 1.54) is 11.3 Å². The third kappa shape index (κ3) is 2.26. The molecule has 2 rings (SSSR count). The van der Waals surface area contributed by atoms with Crippen LogP contribution in [0.25, 0.3) is 0 Å². The van der Waals surface area contributed by atoms with Crippen molar-refractivity contribution in [2.24, 2.45) is 0 Å². The van der Waals surface area contributed by atoms with Crippen molar-refractivity contribution >= 4 is 17.2 Å². The van der Waals surface area contributed by atoms with Crippen LogP contribution in [0.15, 0.2) is 11.4 Å². The summed E-state index contributed by atoms with van der Waals surface area (Å²) in [6, 6.07) is 1.95. The second-order valence-electron chi connectivity index (χ2n) is 3.86. The van der Waals surface area contributed by atoms with Crippen molar-refractivity contribution in [3.05, 3.63) is 21.9 Å². The molecule has 1 fully saturated rings. The minimum Gasteiger partial charge on any atom is -0.394 e. The highest BCUT2D eigenvalue weighted by Gasteiger charge is 2.25. The van der Waals surface area contributed by atoms with Crippen LogP contribution in [0.1, 0.15) is 15.2 Å². The Balaban J connectivity index is 2.07. The van der Waals surface area contributed by atoms with Crippen LogP contribution in [0.5, 0.6) is 0 Å². The molecule has 0 aromatic carbocycles. The molecule has 1 amide bonds. The van der Waals surface area contributed by atoms with Gasteiger partial charge in [-0.1, -0.05) is 0 Å². The Morgan fingerprint density at radius 1 is 1.75 bits per heavy atom. The van der Waals surface area contributed by atoms with Crippen molar-refractivity contribution in [2.75, 3.05) is 26.3 Å². The molecule has 1 saturated heterocycles. The standard InChI is InChI=1S/C11H15NO3S/c1-8-2-5-16-10(8)11(14)12-3-4-15-9(6-12)7-13/h2,5,9,13H,3-4,6-7H2,1H3. The lowest BCUT2D eigenvalue weighted by molar-refractivity contribution is -0.0446. The minimum atomic E-state index is -0.238. The Morgan fingerprint density at radius 3 is 3.19 bits per heavy atom. The first-order chi connectivity index (χ1) is 7.72. The van der Waals surface area contributed by atoms with Gasteiger partial charge in [0, 0.05) is 13.1 Å². The molecule has 1 aliphatic rings. The Kier molecular flexibility index (Phi) is 3.58. The van der Waals surface area contributed by atoms with Gasteiger partial charge in [-0.2, -0.15) is 0 Å². The van der Waals surface area contributed by atoms with Crippen molar-refractivity contribution in [3.8, 4) is 0 Å². The second-order valence-corrected chi connectivity index (χ2v) is 4.78. The molecule has 16 heavy (non-hydrogen) atoms. The highest BCUT2D eigenvalue weighted by Crippen LogP contribution is 2.19. The van der Waals surface area contributed by atoms with E-state index in [-0.39, 0.29) is 18.6 Å². The number of carbonyl (C=O) groups excluding carboxylic acids is 1. The average molecular weight is 241 g/mol. The third-order valence-electron chi connectivity index (χ3n) is 2.69. The van der Waals surface area contributed by atoms with Crippen LogP contribution in [-0.2, 0) is 4.74 Å². The van der Waals surface area contributed by atoms with Gasteiger partial charge in [-0.25, -0.2) is 0 Å². The molecule has 88 valence electrons. The van der Waals surface area contributed by atoms with Gasteiger partial charge in [0.2, 0.25) is 0 Å². The van der Waals surface area contributed by atoms with Crippen LogP contribution in [-0.4, -0.2) is 48.3 Å². The van der Waals surface area contributed by atoms with E-state index in [9.17, 15) is 4.79 Å². The summed E-state index contributed by atoms with van der Waals surface area (Å²) in [4.78, 5) is 14.7. The number of morpholine rings is 1. The van der Waals surface area contributed by atoms with Crippen LogP contribution in [0.3, 0.4) is 0 Å². The number of nitrogens with zero attached hydrogens (tertiary/aromatic N) is 1. The summed E-state index contributed by atoms with van der Waals surface area (Å²) in [5.41, 5.74) is 1.02. The molecule has 4 nitrogen and oxygen atoms in total. The highest BCUT2D eigenvalue weighted by atomic mass is 32.1. The molecule has 2 heterocycles. The Morgan fingerprint density at radius 2 is 2.56 bits per heavy atom. The van der Waals surface area contributed by atoms with Gasteiger partial charge < -0.3 is 14.7 Å². The summed E-state index contributed by atoms with van der Waals surface area (Å²) in [6.45, 7) is 3.49. The van der Waals surface area contributed by atoms with E-state index in [1.54, 1.807) is 4.90 Å². The third-order valence-corrected chi connectivity index (χ3v) is 3.69. The van der Waals surface area contributed by atoms with Gasteiger partial charge in [-0.05, 0) is 23.9 Å². The van der Waals surface area contributed by atoms with Gasteiger partial charge in [0.1, 0.15) is 0 Å². The number of thiophene rings is 1. The molecule has 0 radical (unpaired) electrons. The predicted octanol–water partition coefficient (Wildman–Crippen LogP) is 0.890. The summed E-state index contributed by atoms with van der Waals surface area (Å²) in [5.74, 6) is 0.0502. The lowest BCUT2D eigenvalue weighted by Crippen LogP contribution is -2.46. The fraction of sp³-hybridized carbons (Fsp3) is 0.545. The monoisotopic (exact) mass is 241 g/mol. The topological polar surface area (TPSA) is 49.8 Å². The van der Waals surface area contributed by atoms with Crippen molar-refractivity contribution in [1.29, 1.82) is 0 Å². The van der Waals surface area contributed by atoms with E-state index < -0.39 is 0 Å². The van der Waals surface area contributed by atoms with E-state index in [1.807, 2.05) is 18.4 Å². The molecular weight excluding hydrogens is 226 g/mol. The summed E-state index contributed by atoms with van der Waals surface area (Å²) < 4.78 is 5.31. The fourth-order valence-corrected chi connectivity index (χ4v) is 2.64. The predicted molar refractivity (Wildman–Crippen MR) is 61.8 cm³/mol.